The minimum atomic E-state index is -0.0830. The predicted octanol–water partition coefficient (Wildman–Crippen LogP) is 2.13. The molecule has 0 bridgehead atoms. The van der Waals surface area contributed by atoms with E-state index in [1.165, 1.54) is 19.3 Å². The first-order valence-electron chi connectivity index (χ1n) is 7.60. The van der Waals surface area contributed by atoms with Gasteiger partial charge in [-0.15, -0.1) is 0 Å². The van der Waals surface area contributed by atoms with E-state index in [4.69, 9.17) is 5.73 Å². The predicted molar refractivity (Wildman–Crippen MR) is 84.6 cm³/mol. The zero-order chi connectivity index (χ0) is 14.9. The fourth-order valence-corrected chi connectivity index (χ4v) is 2.58. The molecule has 1 saturated carbocycles. The minimum absolute atomic E-state index is 0.0830. The van der Waals surface area contributed by atoms with Crippen LogP contribution in [0.3, 0.4) is 0 Å². The molecule has 4 nitrogen and oxygen atoms in total. The van der Waals surface area contributed by atoms with Crippen molar-refractivity contribution in [2.45, 2.75) is 44.7 Å². The Labute approximate surface area is 126 Å². The molecule has 0 spiro atoms. The van der Waals surface area contributed by atoms with Crippen molar-refractivity contribution in [3.63, 3.8) is 0 Å². The number of hydrogen-bond acceptors (Lipinski definition) is 2. The van der Waals surface area contributed by atoms with Gasteiger partial charge < -0.3 is 16.4 Å². The van der Waals surface area contributed by atoms with Gasteiger partial charge in [0.15, 0.2) is 0 Å². The summed E-state index contributed by atoms with van der Waals surface area (Å²) in [5, 5.41) is 5.95. The van der Waals surface area contributed by atoms with Crippen molar-refractivity contribution in [2.75, 3.05) is 6.54 Å². The van der Waals surface area contributed by atoms with Crippen LogP contribution in [0.2, 0.25) is 0 Å². The molecule has 21 heavy (non-hydrogen) atoms. The van der Waals surface area contributed by atoms with Crippen LogP contribution in [0.15, 0.2) is 24.3 Å². The van der Waals surface area contributed by atoms with E-state index in [0.29, 0.717) is 19.1 Å². The van der Waals surface area contributed by atoms with Crippen LogP contribution in [-0.4, -0.2) is 18.6 Å². The van der Waals surface area contributed by atoms with Crippen molar-refractivity contribution in [1.82, 2.24) is 10.6 Å². The van der Waals surface area contributed by atoms with Crippen LogP contribution < -0.4 is 16.4 Å². The summed E-state index contributed by atoms with van der Waals surface area (Å²) < 4.78 is 0. The Balaban J connectivity index is 1.80. The van der Waals surface area contributed by atoms with E-state index < -0.39 is 0 Å². The molecule has 0 radical (unpaired) electrons. The number of rotatable bonds is 3. The number of amides is 2. The van der Waals surface area contributed by atoms with Crippen LogP contribution in [-0.2, 0) is 6.54 Å². The summed E-state index contributed by atoms with van der Waals surface area (Å²) in [6.45, 7) is 0.864. The summed E-state index contributed by atoms with van der Waals surface area (Å²) in [5.41, 5.74) is 7.33. The molecule has 0 atom stereocenters. The highest BCUT2D eigenvalue weighted by atomic mass is 16.2. The first-order chi connectivity index (χ1) is 10.3. The van der Waals surface area contributed by atoms with E-state index in [9.17, 15) is 4.79 Å². The van der Waals surface area contributed by atoms with Gasteiger partial charge in [0.05, 0.1) is 6.54 Å². The Hall–Kier alpha value is -1.99. The smallest absolute Gasteiger partial charge is 0.315 e. The van der Waals surface area contributed by atoms with E-state index in [1.54, 1.807) is 0 Å². The number of urea groups is 1. The summed E-state index contributed by atoms with van der Waals surface area (Å²) in [6.07, 6.45) is 5.91. The average Bonchev–Trinajstić information content (AvgIpc) is 2.52. The fraction of sp³-hybridized carbons (Fsp3) is 0.471. The third-order valence-corrected chi connectivity index (χ3v) is 3.66. The second-order valence-electron chi connectivity index (χ2n) is 5.37. The Bertz CT molecular complexity index is 524. The summed E-state index contributed by atoms with van der Waals surface area (Å²) in [6, 6.07) is 8.09. The molecule has 0 heterocycles. The molecule has 0 saturated heterocycles. The number of carbonyl (C=O) groups is 1. The molecule has 1 aromatic rings. The van der Waals surface area contributed by atoms with E-state index >= 15 is 0 Å². The lowest BCUT2D eigenvalue weighted by Gasteiger charge is -2.22. The first kappa shape index (κ1) is 15.4. The maximum absolute atomic E-state index is 11.9. The number of hydrogen-bond donors (Lipinski definition) is 3. The Morgan fingerprint density at radius 1 is 1.29 bits per heavy atom. The zero-order valence-electron chi connectivity index (χ0n) is 12.3. The third-order valence-electron chi connectivity index (χ3n) is 3.66. The molecule has 1 fully saturated rings. The van der Waals surface area contributed by atoms with Crippen molar-refractivity contribution >= 4 is 6.03 Å². The van der Waals surface area contributed by atoms with Gasteiger partial charge in [-0.05, 0) is 30.5 Å². The topological polar surface area (TPSA) is 67.1 Å². The Kier molecular flexibility index (Phi) is 6.11. The van der Waals surface area contributed by atoms with E-state index in [2.05, 4.69) is 22.5 Å². The molecule has 1 aliphatic carbocycles. The molecule has 2 rings (SSSR count). The first-order valence-corrected chi connectivity index (χ1v) is 7.60. The van der Waals surface area contributed by atoms with Gasteiger partial charge in [-0.2, -0.15) is 0 Å². The molecular weight excluding hydrogens is 262 g/mol. The lowest BCUT2D eigenvalue weighted by molar-refractivity contribution is 0.232. The van der Waals surface area contributed by atoms with Crippen molar-refractivity contribution in [3.05, 3.63) is 35.4 Å². The second-order valence-corrected chi connectivity index (χ2v) is 5.37. The Morgan fingerprint density at radius 2 is 2.10 bits per heavy atom. The molecule has 0 unspecified atom stereocenters. The van der Waals surface area contributed by atoms with E-state index in [0.717, 1.165) is 24.0 Å². The molecular formula is C17H23N3O. The van der Waals surface area contributed by atoms with Gasteiger partial charge in [0.2, 0.25) is 0 Å². The van der Waals surface area contributed by atoms with Crippen LogP contribution in [0.5, 0.6) is 0 Å². The van der Waals surface area contributed by atoms with Crippen LogP contribution >= 0.6 is 0 Å². The number of nitrogens with two attached hydrogens (primary N) is 1. The molecule has 1 aliphatic rings. The SMILES string of the molecule is NCC#Cc1cccc(CNC(=O)NC2CCCCC2)c1. The fourth-order valence-electron chi connectivity index (χ4n) is 2.58. The van der Waals surface area contributed by atoms with Crippen LogP contribution in [0.1, 0.15) is 43.2 Å². The molecule has 0 aromatic heterocycles. The molecule has 0 aliphatic heterocycles. The van der Waals surface area contributed by atoms with E-state index in [-0.39, 0.29) is 6.03 Å². The highest BCUT2D eigenvalue weighted by molar-refractivity contribution is 5.74. The van der Waals surface area contributed by atoms with Gasteiger partial charge in [0.25, 0.3) is 0 Å². The van der Waals surface area contributed by atoms with Crippen molar-refractivity contribution < 1.29 is 4.79 Å². The maximum atomic E-state index is 11.9. The summed E-state index contributed by atoms with van der Waals surface area (Å²) in [7, 11) is 0. The zero-order valence-corrected chi connectivity index (χ0v) is 12.3. The lowest BCUT2D eigenvalue weighted by atomic mass is 9.96. The van der Waals surface area contributed by atoms with Gasteiger partial charge >= 0.3 is 6.03 Å². The molecule has 112 valence electrons. The van der Waals surface area contributed by atoms with Gasteiger partial charge in [-0.3, -0.25) is 0 Å². The van der Waals surface area contributed by atoms with Crippen molar-refractivity contribution in [3.8, 4) is 11.8 Å². The van der Waals surface area contributed by atoms with Crippen LogP contribution in [0.4, 0.5) is 4.79 Å². The number of benzene rings is 1. The number of carbonyl (C=O) groups excluding carboxylic acids is 1. The lowest BCUT2D eigenvalue weighted by Crippen LogP contribution is -2.42. The van der Waals surface area contributed by atoms with E-state index in [1.807, 2.05) is 24.3 Å². The normalized spacial score (nSPS) is 14.9. The standard InChI is InChI=1S/C17H23N3O/c18-11-5-8-14-6-4-7-15(12-14)13-19-17(21)20-16-9-2-1-3-10-16/h4,6-7,12,16H,1-3,9-11,13,18H2,(H2,19,20,21). The third kappa shape index (κ3) is 5.49. The average molecular weight is 285 g/mol. The van der Waals surface area contributed by atoms with Crippen LogP contribution in [0.25, 0.3) is 0 Å². The van der Waals surface area contributed by atoms with Gasteiger partial charge in [-0.1, -0.05) is 43.2 Å². The number of nitrogens with one attached hydrogen (secondary N) is 2. The largest absolute Gasteiger partial charge is 0.335 e. The van der Waals surface area contributed by atoms with Gasteiger partial charge in [-0.25, -0.2) is 4.79 Å². The molecule has 4 N–H and O–H groups in total. The van der Waals surface area contributed by atoms with Gasteiger partial charge in [0, 0.05) is 18.2 Å². The quantitative estimate of drug-likeness (QED) is 0.745. The maximum Gasteiger partial charge on any atom is 0.315 e. The molecule has 1 aromatic carbocycles. The molecule has 2 amide bonds. The second kappa shape index (κ2) is 8.33. The van der Waals surface area contributed by atoms with Crippen molar-refractivity contribution in [1.29, 1.82) is 0 Å². The summed E-state index contributed by atoms with van der Waals surface area (Å²) in [5.74, 6) is 5.82. The van der Waals surface area contributed by atoms with Gasteiger partial charge in [0.1, 0.15) is 0 Å². The summed E-state index contributed by atoms with van der Waals surface area (Å²) >= 11 is 0. The minimum Gasteiger partial charge on any atom is -0.335 e. The highest BCUT2D eigenvalue weighted by Crippen LogP contribution is 2.17. The Morgan fingerprint density at radius 3 is 2.86 bits per heavy atom. The monoisotopic (exact) mass is 285 g/mol. The highest BCUT2D eigenvalue weighted by Gasteiger charge is 2.15. The molecule has 4 heteroatoms. The van der Waals surface area contributed by atoms with Crippen LogP contribution in [0, 0.1) is 11.8 Å². The summed E-state index contributed by atoms with van der Waals surface area (Å²) in [4.78, 5) is 11.9. The van der Waals surface area contributed by atoms with Crippen molar-refractivity contribution in [2.24, 2.45) is 5.73 Å².